The number of fused-ring (bicyclic) bond motifs is 1. The highest BCUT2D eigenvalue weighted by molar-refractivity contribution is 7.15. The monoisotopic (exact) mass is 456 g/mol. The maximum Gasteiger partial charge on any atom is 0.260 e. The molecule has 0 radical (unpaired) electrons. The van der Waals surface area contributed by atoms with E-state index in [1.807, 2.05) is 4.90 Å². The Morgan fingerprint density at radius 1 is 1.19 bits per heavy atom. The fourth-order valence-electron chi connectivity index (χ4n) is 4.58. The maximum atomic E-state index is 12.6. The van der Waals surface area contributed by atoms with Crippen molar-refractivity contribution >= 4 is 28.3 Å². The van der Waals surface area contributed by atoms with Crippen LogP contribution in [0, 0.1) is 0 Å². The molecule has 1 saturated heterocycles. The van der Waals surface area contributed by atoms with Crippen molar-refractivity contribution in [1.29, 1.82) is 0 Å². The third kappa shape index (κ3) is 5.13. The van der Waals surface area contributed by atoms with Crippen LogP contribution in [0.25, 0.3) is 0 Å². The first-order chi connectivity index (χ1) is 15.4. The molecule has 7 nitrogen and oxygen atoms in total. The summed E-state index contributed by atoms with van der Waals surface area (Å²) in [6.07, 6.45) is 4.17. The predicted molar refractivity (Wildman–Crippen MR) is 126 cm³/mol. The number of ether oxygens (including phenoxy) is 1. The van der Waals surface area contributed by atoms with Crippen molar-refractivity contribution in [1.82, 2.24) is 14.8 Å². The van der Waals surface area contributed by atoms with Crippen LogP contribution in [-0.2, 0) is 17.8 Å². The molecule has 2 unspecified atom stereocenters. The predicted octanol–water partition coefficient (Wildman–Crippen LogP) is 3.94. The lowest BCUT2D eigenvalue weighted by molar-refractivity contribution is -0.139. The number of likely N-dealkylation sites (tertiary alicyclic amines) is 1. The normalized spacial score (nSPS) is 21.2. The van der Waals surface area contributed by atoms with Crippen LogP contribution in [0.1, 0.15) is 61.0 Å². The maximum absolute atomic E-state index is 12.6. The van der Waals surface area contributed by atoms with E-state index < -0.39 is 0 Å². The van der Waals surface area contributed by atoms with Crippen LogP contribution in [0.3, 0.4) is 0 Å². The SMILES string of the molecule is CCN1CCc2nc(NC(=O)c3ccc(OCC(=O)N4C(C)CCCC4C)cc3)sc2C1. The molecule has 2 aliphatic heterocycles. The number of hydrogen-bond acceptors (Lipinski definition) is 6. The molecule has 0 bridgehead atoms. The van der Waals surface area contributed by atoms with Gasteiger partial charge in [-0.2, -0.15) is 0 Å². The zero-order chi connectivity index (χ0) is 22.7. The standard InChI is InChI=1S/C24H32N4O3S/c1-4-27-13-12-20-21(14-27)32-24(25-20)26-23(30)18-8-10-19(11-9-18)31-15-22(29)28-16(2)6-5-7-17(28)3/h8-11,16-17H,4-7,12-15H2,1-3H3,(H,25,26,30). The van der Waals surface area contributed by atoms with Crippen molar-refractivity contribution in [3.8, 4) is 5.75 Å². The molecule has 3 heterocycles. The van der Waals surface area contributed by atoms with E-state index in [0.29, 0.717) is 16.4 Å². The van der Waals surface area contributed by atoms with Crippen LogP contribution in [0.4, 0.5) is 5.13 Å². The number of thiazole rings is 1. The van der Waals surface area contributed by atoms with Gasteiger partial charge in [0.1, 0.15) is 5.75 Å². The first-order valence-electron chi connectivity index (χ1n) is 11.5. The summed E-state index contributed by atoms with van der Waals surface area (Å²) in [5.41, 5.74) is 1.63. The number of rotatable bonds is 6. The van der Waals surface area contributed by atoms with E-state index in [1.165, 1.54) is 4.88 Å². The summed E-state index contributed by atoms with van der Waals surface area (Å²) in [5.74, 6) is 0.402. The van der Waals surface area contributed by atoms with Gasteiger partial charge >= 0.3 is 0 Å². The zero-order valence-electron chi connectivity index (χ0n) is 19.1. The van der Waals surface area contributed by atoms with Crippen molar-refractivity contribution in [2.75, 3.05) is 25.0 Å². The fourth-order valence-corrected chi connectivity index (χ4v) is 5.62. The summed E-state index contributed by atoms with van der Waals surface area (Å²) in [5, 5.41) is 3.57. The first-order valence-corrected chi connectivity index (χ1v) is 12.3. The number of piperidine rings is 1. The molecule has 2 amide bonds. The second-order valence-electron chi connectivity index (χ2n) is 8.70. The lowest BCUT2D eigenvalue weighted by Gasteiger charge is -2.38. The van der Waals surface area contributed by atoms with Gasteiger partial charge in [-0.1, -0.05) is 6.92 Å². The zero-order valence-corrected chi connectivity index (χ0v) is 19.9. The quantitative estimate of drug-likeness (QED) is 0.713. The van der Waals surface area contributed by atoms with Gasteiger partial charge in [-0.15, -0.1) is 11.3 Å². The minimum absolute atomic E-state index is 0.0136. The highest BCUT2D eigenvalue weighted by Gasteiger charge is 2.29. The summed E-state index contributed by atoms with van der Waals surface area (Å²) >= 11 is 1.55. The number of likely N-dealkylation sites (N-methyl/N-ethyl adjacent to an activating group) is 1. The third-order valence-electron chi connectivity index (χ3n) is 6.44. The fraction of sp³-hybridized carbons (Fsp3) is 0.542. The Hall–Kier alpha value is -2.45. The molecular formula is C24H32N4O3S. The largest absolute Gasteiger partial charge is 0.484 e. The lowest BCUT2D eigenvalue weighted by atomic mass is 9.97. The second kappa shape index (κ2) is 10.0. The van der Waals surface area contributed by atoms with Crippen molar-refractivity contribution in [3.05, 3.63) is 40.4 Å². The number of anilines is 1. The molecule has 1 N–H and O–H groups in total. The van der Waals surface area contributed by atoms with E-state index in [4.69, 9.17) is 4.74 Å². The van der Waals surface area contributed by atoms with Gasteiger partial charge in [-0.05, 0) is 63.9 Å². The van der Waals surface area contributed by atoms with Crippen molar-refractivity contribution in [2.24, 2.45) is 0 Å². The average Bonchev–Trinajstić information content (AvgIpc) is 3.19. The average molecular weight is 457 g/mol. The van der Waals surface area contributed by atoms with E-state index in [9.17, 15) is 9.59 Å². The molecule has 1 fully saturated rings. The Bertz CT molecular complexity index is 949. The van der Waals surface area contributed by atoms with Crippen LogP contribution in [0.5, 0.6) is 5.75 Å². The molecule has 1 aromatic heterocycles. The summed E-state index contributed by atoms with van der Waals surface area (Å²) in [6, 6.07) is 7.40. The lowest BCUT2D eigenvalue weighted by Crippen LogP contribution is -2.49. The molecule has 8 heteroatoms. The number of benzene rings is 1. The number of nitrogens with zero attached hydrogens (tertiary/aromatic N) is 3. The van der Waals surface area contributed by atoms with Crippen LogP contribution in [-0.4, -0.2) is 58.4 Å². The van der Waals surface area contributed by atoms with Gasteiger partial charge in [0.05, 0.1) is 5.69 Å². The van der Waals surface area contributed by atoms with Crippen LogP contribution >= 0.6 is 11.3 Å². The number of hydrogen-bond donors (Lipinski definition) is 1. The molecule has 32 heavy (non-hydrogen) atoms. The topological polar surface area (TPSA) is 74.8 Å². The van der Waals surface area contributed by atoms with Gasteiger partial charge < -0.3 is 9.64 Å². The summed E-state index contributed by atoms with van der Waals surface area (Å²) < 4.78 is 5.71. The van der Waals surface area contributed by atoms with Crippen LogP contribution in [0.2, 0.25) is 0 Å². The molecule has 4 rings (SSSR count). The highest BCUT2D eigenvalue weighted by Crippen LogP contribution is 2.28. The van der Waals surface area contributed by atoms with Gasteiger partial charge in [0.2, 0.25) is 0 Å². The third-order valence-corrected chi connectivity index (χ3v) is 7.44. The Kier molecular flexibility index (Phi) is 7.10. The smallest absolute Gasteiger partial charge is 0.260 e. The van der Waals surface area contributed by atoms with Gasteiger partial charge in [0.15, 0.2) is 11.7 Å². The van der Waals surface area contributed by atoms with Crippen molar-refractivity contribution in [3.63, 3.8) is 0 Å². The van der Waals surface area contributed by atoms with E-state index >= 15 is 0 Å². The molecular weight excluding hydrogens is 424 g/mol. The number of carbonyl (C=O) groups excluding carboxylic acids is 2. The summed E-state index contributed by atoms with van der Waals surface area (Å²) in [4.78, 5) is 35.4. The Morgan fingerprint density at radius 3 is 2.59 bits per heavy atom. The number of aromatic nitrogens is 1. The molecule has 0 aliphatic carbocycles. The molecule has 2 aromatic rings. The summed E-state index contributed by atoms with van der Waals surface area (Å²) in [6.45, 7) is 9.31. The van der Waals surface area contributed by atoms with E-state index in [0.717, 1.165) is 51.0 Å². The molecule has 1 aromatic carbocycles. The van der Waals surface area contributed by atoms with E-state index in [2.05, 4.69) is 36.0 Å². The van der Waals surface area contributed by atoms with Gasteiger partial charge in [0.25, 0.3) is 11.8 Å². The van der Waals surface area contributed by atoms with Gasteiger partial charge in [-0.25, -0.2) is 4.98 Å². The first kappa shape index (κ1) is 22.7. The number of amides is 2. The minimum Gasteiger partial charge on any atom is -0.484 e. The van der Waals surface area contributed by atoms with Crippen molar-refractivity contribution in [2.45, 2.75) is 65.1 Å². The minimum atomic E-state index is -0.193. The molecule has 172 valence electrons. The van der Waals surface area contributed by atoms with Crippen molar-refractivity contribution < 1.29 is 14.3 Å². The number of carbonyl (C=O) groups is 2. The second-order valence-corrected chi connectivity index (χ2v) is 9.79. The van der Waals surface area contributed by atoms with Crippen LogP contribution < -0.4 is 10.1 Å². The molecule has 2 atom stereocenters. The summed E-state index contributed by atoms with van der Waals surface area (Å²) in [7, 11) is 0. The van der Waals surface area contributed by atoms with E-state index in [-0.39, 0.29) is 30.5 Å². The van der Waals surface area contributed by atoms with Gasteiger partial charge in [-0.3, -0.25) is 19.8 Å². The van der Waals surface area contributed by atoms with Crippen LogP contribution in [0.15, 0.2) is 24.3 Å². The molecule has 2 aliphatic rings. The Balaban J connectivity index is 1.31. The molecule has 0 saturated carbocycles. The molecule has 0 spiro atoms. The Morgan fingerprint density at radius 2 is 1.91 bits per heavy atom. The number of nitrogens with one attached hydrogen (secondary N) is 1. The van der Waals surface area contributed by atoms with Gasteiger partial charge in [0, 0.05) is 42.0 Å². The van der Waals surface area contributed by atoms with E-state index in [1.54, 1.807) is 35.6 Å². The Labute approximate surface area is 193 Å². The highest BCUT2D eigenvalue weighted by atomic mass is 32.1.